The SMILES string of the molecule is CC(=O)Nc1cc(S(=O)(=O)NCc2ccc(COCc3ccccc3)cc2)ccc1C. The van der Waals surface area contributed by atoms with Gasteiger partial charge in [-0.1, -0.05) is 60.7 Å². The van der Waals surface area contributed by atoms with E-state index in [1.807, 2.05) is 54.6 Å². The summed E-state index contributed by atoms with van der Waals surface area (Å²) >= 11 is 0. The average molecular weight is 439 g/mol. The molecule has 0 radical (unpaired) electrons. The molecule has 31 heavy (non-hydrogen) atoms. The van der Waals surface area contributed by atoms with Crippen LogP contribution in [0.25, 0.3) is 0 Å². The third-order valence-corrected chi connectivity index (χ3v) is 6.10. The van der Waals surface area contributed by atoms with Gasteiger partial charge in [0.25, 0.3) is 0 Å². The molecule has 0 saturated carbocycles. The summed E-state index contributed by atoms with van der Waals surface area (Å²) in [5, 5.41) is 2.65. The Balaban J connectivity index is 1.56. The lowest BCUT2D eigenvalue weighted by molar-refractivity contribution is -0.114. The molecule has 1 amide bonds. The lowest BCUT2D eigenvalue weighted by atomic mass is 10.1. The Morgan fingerprint density at radius 2 is 1.48 bits per heavy atom. The van der Waals surface area contributed by atoms with Crippen LogP contribution >= 0.6 is 0 Å². The smallest absolute Gasteiger partial charge is 0.240 e. The van der Waals surface area contributed by atoms with E-state index in [1.165, 1.54) is 19.1 Å². The van der Waals surface area contributed by atoms with Crippen LogP contribution in [0.2, 0.25) is 0 Å². The molecule has 0 aliphatic rings. The third-order valence-electron chi connectivity index (χ3n) is 4.70. The molecule has 2 N–H and O–H groups in total. The number of hydrogen-bond donors (Lipinski definition) is 2. The number of carbonyl (C=O) groups is 1. The predicted octanol–water partition coefficient (Wildman–Crippen LogP) is 4.15. The minimum Gasteiger partial charge on any atom is -0.372 e. The zero-order valence-corrected chi connectivity index (χ0v) is 18.4. The van der Waals surface area contributed by atoms with Crippen LogP contribution < -0.4 is 10.0 Å². The molecule has 0 aliphatic heterocycles. The highest BCUT2D eigenvalue weighted by Gasteiger charge is 2.15. The molecule has 3 aromatic carbocycles. The Kier molecular flexibility index (Phi) is 7.57. The molecule has 3 rings (SSSR count). The number of aryl methyl sites for hydroxylation is 1. The Bertz CT molecular complexity index is 1130. The van der Waals surface area contributed by atoms with Crippen LogP contribution in [0.15, 0.2) is 77.7 Å². The largest absolute Gasteiger partial charge is 0.372 e. The normalized spacial score (nSPS) is 11.3. The van der Waals surface area contributed by atoms with E-state index in [4.69, 9.17) is 4.74 Å². The van der Waals surface area contributed by atoms with Crippen LogP contribution in [0.4, 0.5) is 5.69 Å². The van der Waals surface area contributed by atoms with E-state index in [9.17, 15) is 13.2 Å². The first-order valence-corrected chi connectivity index (χ1v) is 11.4. The molecule has 0 unspecified atom stereocenters. The molecule has 6 nitrogen and oxygen atoms in total. The van der Waals surface area contributed by atoms with Gasteiger partial charge in [0.1, 0.15) is 0 Å². The van der Waals surface area contributed by atoms with Crippen LogP contribution in [0.5, 0.6) is 0 Å². The van der Waals surface area contributed by atoms with E-state index in [0.717, 1.165) is 22.3 Å². The summed E-state index contributed by atoms with van der Waals surface area (Å²) < 4.78 is 33.6. The van der Waals surface area contributed by atoms with Crippen LogP contribution in [-0.2, 0) is 39.3 Å². The van der Waals surface area contributed by atoms with Crippen molar-refractivity contribution in [2.45, 2.75) is 38.5 Å². The van der Waals surface area contributed by atoms with Crippen molar-refractivity contribution in [1.29, 1.82) is 0 Å². The summed E-state index contributed by atoms with van der Waals surface area (Å²) in [4.78, 5) is 11.4. The van der Waals surface area contributed by atoms with Gasteiger partial charge in [0, 0.05) is 19.2 Å². The fourth-order valence-electron chi connectivity index (χ4n) is 2.97. The summed E-state index contributed by atoms with van der Waals surface area (Å²) in [6, 6.07) is 22.2. The molecule has 0 spiro atoms. The van der Waals surface area contributed by atoms with Gasteiger partial charge in [-0.15, -0.1) is 0 Å². The molecule has 3 aromatic rings. The molecule has 0 saturated heterocycles. The molecule has 0 bridgehead atoms. The van der Waals surface area contributed by atoms with E-state index in [2.05, 4.69) is 10.0 Å². The molecule has 0 atom stereocenters. The van der Waals surface area contributed by atoms with Crippen molar-refractivity contribution in [2.24, 2.45) is 0 Å². The number of nitrogens with one attached hydrogen (secondary N) is 2. The number of ether oxygens (including phenoxy) is 1. The maximum absolute atomic E-state index is 12.7. The highest BCUT2D eigenvalue weighted by Crippen LogP contribution is 2.20. The number of rotatable bonds is 9. The highest BCUT2D eigenvalue weighted by atomic mass is 32.2. The van der Waals surface area contributed by atoms with Gasteiger partial charge in [0.05, 0.1) is 18.1 Å². The van der Waals surface area contributed by atoms with Crippen LogP contribution in [-0.4, -0.2) is 14.3 Å². The summed E-state index contributed by atoms with van der Waals surface area (Å²) in [7, 11) is -3.71. The quantitative estimate of drug-likeness (QED) is 0.526. The maximum Gasteiger partial charge on any atom is 0.240 e. The van der Waals surface area contributed by atoms with Crippen molar-refractivity contribution in [3.63, 3.8) is 0 Å². The van der Waals surface area contributed by atoms with Gasteiger partial charge in [-0.05, 0) is 41.3 Å². The van der Waals surface area contributed by atoms with E-state index in [1.54, 1.807) is 13.0 Å². The maximum atomic E-state index is 12.7. The second kappa shape index (κ2) is 10.3. The minimum atomic E-state index is -3.71. The van der Waals surface area contributed by atoms with Crippen molar-refractivity contribution in [3.8, 4) is 0 Å². The van der Waals surface area contributed by atoms with Gasteiger partial charge in [-0.25, -0.2) is 13.1 Å². The number of anilines is 1. The zero-order chi connectivity index (χ0) is 22.3. The fourth-order valence-corrected chi connectivity index (χ4v) is 4.01. The second-order valence-corrected chi connectivity index (χ2v) is 9.04. The Hall–Kier alpha value is -3.00. The van der Waals surface area contributed by atoms with E-state index in [-0.39, 0.29) is 17.3 Å². The van der Waals surface area contributed by atoms with Crippen molar-refractivity contribution < 1.29 is 17.9 Å². The Morgan fingerprint density at radius 3 is 2.13 bits per heavy atom. The number of benzene rings is 3. The van der Waals surface area contributed by atoms with Crippen molar-refractivity contribution in [1.82, 2.24) is 4.72 Å². The van der Waals surface area contributed by atoms with Gasteiger partial charge in [0.2, 0.25) is 15.9 Å². The Morgan fingerprint density at radius 1 is 0.871 bits per heavy atom. The molecule has 162 valence electrons. The zero-order valence-electron chi connectivity index (χ0n) is 17.6. The van der Waals surface area contributed by atoms with Crippen molar-refractivity contribution in [2.75, 3.05) is 5.32 Å². The first-order valence-electron chi connectivity index (χ1n) is 9.91. The average Bonchev–Trinajstić information content (AvgIpc) is 2.75. The van der Waals surface area contributed by atoms with Crippen molar-refractivity contribution in [3.05, 3.63) is 95.1 Å². The van der Waals surface area contributed by atoms with Crippen LogP contribution in [0.1, 0.15) is 29.2 Å². The molecule has 7 heteroatoms. The molecule has 0 heterocycles. The molecule has 0 aliphatic carbocycles. The molecule has 0 aromatic heterocycles. The summed E-state index contributed by atoms with van der Waals surface area (Å²) in [5.41, 5.74) is 4.24. The molecule has 0 fully saturated rings. The van der Waals surface area contributed by atoms with Crippen LogP contribution in [0.3, 0.4) is 0 Å². The van der Waals surface area contributed by atoms with E-state index in [0.29, 0.717) is 18.9 Å². The lowest BCUT2D eigenvalue weighted by Crippen LogP contribution is -2.23. The number of carbonyl (C=O) groups excluding carboxylic acids is 1. The molecular formula is C24H26N2O4S. The first kappa shape index (κ1) is 22.7. The number of hydrogen-bond acceptors (Lipinski definition) is 4. The van der Waals surface area contributed by atoms with Gasteiger partial charge < -0.3 is 10.1 Å². The molecular weight excluding hydrogens is 412 g/mol. The highest BCUT2D eigenvalue weighted by molar-refractivity contribution is 7.89. The predicted molar refractivity (Wildman–Crippen MR) is 121 cm³/mol. The standard InChI is InChI=1S/C24H26N2O4S/c1-18-8-13-23(14-24(18)26-19(2)27)31(28,29)25-15-20-9-11-22(12-10-20)17-30-16-21-6-4-3-5-7-21/h3-14,25H,15-17H2,1-2H3,(H,26,27). The van der Waals surface area contributed by atoms with Gasteiger partial charge in [-0.3, -0.25) is 4.79 Å². The van der Waals surface area contributed by atoms with Crippen LogP contribution in [0, 0.1) is 6.92 Å². The van der Waals surface area contributed by atoms with Crippen molar-refractivity contribution >= 4 is 21.6 Å². The van der Waals surface area contributed by atoms with Gasteiger partial charge in [0.15, 0.2) is 0 Å². The summed E-state index contributed by atoms with van der Waals surface area (Å²) in [5.74, 6) is -0.251. The second-order valence-electron chi connectivity index (χ2n) is 7.28. The first-order chi connectivity index (χ1) is 14.8. The topological polar surface area (TPSA) is 84.5 Å². The third kappa shape index (κ3) is 6.75. The lowest BCUT2D eigenvalue weighted by Gasteiger charge is -2.11. The fraction of sp³-hybridized carbons (Fsp3) is 0.208. The number of sulfonamides is 1. The summed E-state index contributed by atoms with van der Waals surface area (Å²) in [6.45, 7) is 4.38. The van der Waals surface area contributed by atoms with E-state index < -0.39 is 10.0 Å². The minimum absolute atomic E-state index is 0.104. The Labute approximate surface area is 183 Å². The van der Waals surface area contributed by atoms with E-state index >= 15 is 0 Å². The summed E-state index contributed by atoms with van der Waals surface area (Å²) in [6.07, 6.45) is 0. The van der Waals surface area contributed by atoms with Gasteiger partial charge >= 0.3 is 0 Å². The number of amides is 1. The monoisotopic (exact) mass is 438 g/mol. The van der Waals surface area contributed by atoms with Gasteiger partial charge in [-0.2, -0.15) is 0 Å².